The standard InChI is InChI=1S/C27H39FN8O9/c28-9-1-2-18(29)15-36(30)16-22(37)34-10-12-35(13-11-34)27(45)31-19-5-3-17(4-6-19)14-21(25(42)43)33-26(44)32-20(24(40)41)7-8-23(38)39/h3-6,15,20-21H,1-2,7-14,16,29-30H2,(H,31,45)(H,38,39)(H,40,41)(H,42,43)(H2,32,33,44)/b18-15-/t20?,21-/m0/s1. The largest absolute Gasteiger partial charge is 0.481 e. The van der Waals surface area contributed by atoms with Gasteiger partial charge in [0.1, 0.15) is 18.6 Å². The number of aliphatic carboxylic acids is 3. The number of nitrogens with zero attached hydrogens (tertiary/aromatic N) is 3. The van der Waals surface area contributed by atoms with Gasteiger partial charge in [-0.05, 0) is 37.0 Å². The second-order valence-electron chi connectivity index (χ2n) is 10.2. The number of carbonyl (C=O) groups excluding carboxylic acids is 3. The Morgan fingerprint density at radius 2 is 1.49 bits per heavy atom. The first-order valence-corrected chi connectivity index (χ1v) is 14.0. The van der Waals surface area contributed by atoms with E-state index >= 15 is 0 Å². The molecule has 45 heavy (non-hydrogen) atoms. The number of anilines is 1. The Bertz CT molecular complexity index is 1240. The molecule has 18 heteroatoms. The Labute approximate surface area is 257 Å². The maximum absolute atomic E-state index is 12.8. The molecule has 10 N–H and O–H groups in total. The summed E-state index contributed by atoms with van der Waals surface area (Å²) in [6.07, 6.45) is 0.913. The van der Waals surface area contributed by atoms with Gasteiger partial charge >= 0.3 is 30.0 Å². The number of allylic oxidation sites excluding steroid dienone is 1. The van der Waals surface area contributed by atoms with Crippen LogP contribution in [0.3, 0.4) is 0 Å². The van der Waals surface area contributed by atoms with Crippen molar-refractivity contribution in [2.45, 2.75) is 44.2 Å². The highest BCUT2D eigenvalue weighted by Gasteiger charge is 2.26. The van der Waals surface area contributed by atoms with Crippen molar-refractivity contribution in [3.63, 3.8) is 0 Å². The van der Waals surface area contributed by atoms with Gasteiger partial charge in [-0.2, -0.15) is 0 Å². The molecule has 1 aliphatic heterocycles. The summed E-state index contributed by atoms with van der Waals surface area (Å²) >= 11 is 0. The number of piperazine rings is 1. The molecule has 0 aliphatic carbocycles. The summed E-state index contributed by atoms with van der Waals surface area (Å²) < 4.78 is 12.3. The number of carboxylic acids is 3. The van der Waals surface area contributed by atoms with Gasteiger partial charge in [0.15, 0.2) is 0 Å². The third-order valence-electron chi connectivity index (χ3n) is 6.67. The topological polar surface area (TPSA) is 261 Å². The zero-order valence-electron chi connectivity index (χ0n) is 24.5. The second kappa shape index (κ2) is 17.9. The fourth-order valence-corrected chi connectivity index (χ4v) is 4.26. The maximum atomic E-state index is 12.8. The van der Waals surface area contributed by atoms with E-state index in [1.807, 2.05) is 0 Å². The van der Waals surface area contributed by atoms with Crippen LogP contribution in [0.15, 0.2) is 36.2 Å². The molecule has 0 bridgehead atoms. The molecule has 17 nitrogen and oxygen atoms in total. The highest BCUT2D eigenvalue weighted by molar-refractivity contribution is 5.90. The lowest BCUT2D eigenvalue weighted by molar-refractivity contribution is -0.141. The third-order valence-corrected chi connectivity index (χ3v) is 6.67. The Balaban J connectivity index is 1.84. The highest BCUT2D eigenvalue weighted by atomic mass is 19.1. The Morgan fingerprint density at radius 3 is 2.04 bits per heavy atom. The van der Waals surface area contributed by atoms with Crippen LogP contribution >= 0.6 is 0 Å². The predicted octanol–water partition coefficient (Wildman–Crippen LogP) is -0.299. The SMILES string of the molecule is N/C(=C\N(N)CC(=O)N1CCN(C(=O)Nc2ccc(C[C@H](NC(=O)NC(CCC(=O)O)C(=O)O)C(=O)O)cc2)CC1)CCCF. The van der Waals surface area contributed by atoms with E-state index in [9.17, 15) is 43.4 Å². The molecule has 0 spiro atoms. The van der Waals surface area contributed by atoms with Crippen molar-refractivity contribution in [1.82, 2.24) is 25.4 Å². The van der Waals surface area contributed by atoms with E-state index in [0.29, 0.717) is 23.4 Å². The molecule has 5 amide bonds. The average molecular weight is 639 g/mol. The first-order chi connectivity index (χ1) is 21.3. The smallest absolute Gasteiger partial charge is 0.326 e. The van der Waals surface area contributed by atoms with Gasteiger partial charge in [-0.15, -0.1) is 0 Å². The van der Waals surface area contributed by atoms with E-state index in [2.05, 4.69) is 16.0 Å². The van der Waals surface area contributed by atoms with E-state index in [4.69, 9.17) is 16.7 Å². The summed E-state index contributed by atoms with van der Waals surface area (Å²) in [5.74, 6) is 1.45. The summed E-state index contributed by atoms with van der Waals surface area (Å²) in [4.78, 5) is 74.3. The number of hydrogen-bond acceptors (Lipinski definition) is 9. The number of carbonyl (C=O) groups is 6. The molecular formula is C27H39FN8O9. The van der Waals surface area contributed by atoms with Crippen molar-refractivity contribution in [3.8, 4) is 0 Å². The van der Waals surface area contributed by atoms with Gasteiger partial charge in [0.25, 0.3) is 0 Å². The van der Waals surface area contributed by atoms with Crippen LogP contribution in [0, 0.1) is 0 Å². The maximum Gasteiger partial charge on any atom is 0.326 e. The number of halogens is 1. The van der Waals surface area contributed by atoms with Crippen LogP contribution < -0.4 is 27.5 Å². The molecule has 1 unspecified atom stereocenters. The fraction of sp³-hybridized carbons (Fsp3) is 0.481. The van der Waals surface area contributed by atoms with E-state index < -0.39 is 55.1 Å². The number of nitrogens with one attached hydrogen (secondary N) is 3. The van der Waals surface area contributed by atoms with Crippen LogP contribution in [-0.4, -0.2) is 117 Å². The van der Waals surface area contributed by atoms with Crippen molar-refractivity contribution in [1.29, 1.82) is 0 Å². The minimum atomic E-state index is -1.52. The Morgan fingerprint density at radius 1 is 0.911 bits per heavy atom. The van der Waals surface area contributed by atoms with Gasteiger partial charge in [0.05, 0.1) is 6.67 Å². The van der Waals surface area contributed by atoms with Crippen molar-refractivity contribution in [2.75, 3.05) is 44.7 Å². The minimum absolute atomic E-state index is 0.132. The van der Waals surface area contributed by atoms with Crippen LogP contribution in [0.5, 0.6) is 0 Å². The van der Waals surface area contributed by atoms with E-state index in [0.717, 1.165) is 5.01 Å². The predicted molar refractivity (Wildman–Crippen MR) is 157 cm³/mol. The van der Waals surface area contributed by atoms with Crippen LogP contribution in [0.1, 0.15) is 31.2 Å². The van der Waals surface area contributed by atoms with E-state index in [1.165, 1.54) is 11.1 Å². The van der Waals surface area contributed by atoms with Crippen molar-refractivity contribution in [2.24, 2.45) is 11.6 Å². The van der Waals surface area contributed by atoms with Gasteiger partial charge in [-0.1, -0.05) is 12.1 Å². The normalized spacial score (nSPS) is 14.6. The molecule has 0 saturated carbocycles. The third kappa shape index (κ3) is 13.0. The Hall–Kier alpha value is -5.13. The number of hydrazine groups is 1. The van der Waals surface area contributed by atoms with Gasteiger partial charge in [-0.25, -0.2) is 25.0 Å². The van der Waals surface area contributed by atoms with Crippen molar-refractivity contribution in [3.05, 3.63) is 41.7 Å². The van der Waals surface area contributed by atoms with Gasteiger partial charge in [-0.3, -0.25) is 14.0 Å². The molecule has 2 rings (SSSR count). The van der Waals surface area contributed by atoms with Crippen LogP contribution in [-0.2, 0) is 25.6 Å². The van der Waals surface area contributed by atoms with Crippen LogP contribution in [0.25, 0.3) is 0 Å². The van der Waals surface area contributed by atoms with E-state index in [-0.39, 0.29) is 57.9 Å². The van der Waals surface area contributed by atoms with Gasteiger partial charge in [0.2, 0.25) is 5.91 Å². The van der Waals surface area contributed by atoms with Crippen LogP contribution in [0.4, 0.5) is 19.7 Å². The fourth-order valence-electron chi connectivity index (χ4n) is 4.26. The lowest BCUT2D eigenvalue weighted by Crippen LogP contribution is -2.53. The number of rotatable bonds is 16. The number of alkyl halides is 1. The summed E-state index contributed by atoms with van der Waals surface area (Å²) in [6, 6.07) is 1.74. The molecule has 2 atom stereocenters. The molecule has 1 saturated heterocycles. The quantitative estimate of drug-likeness (QED) is 0.0857. The summed E-state index contributed by atoms with van der Waals surface area (Å²) in [5, 5.41) is 35.5. The lowest BCUT2D eigenvalue weighted by Gasteiger charge is -2.35. The first-order valence-electron chi connectivity index (χ1n) is 14.0. The first kappa shape index (κ1) is 36.1. The molecule has 1 heterocycles. The van der Waals surface area contributed by atoms with Gasteiger partial charge < -0.3 is 51.8 Å². The highest BCUT2D eigenvalue weighted by Crippen LogP contribution is 2.14. The zero-order valence-corrected chi connectivity index (χ0v) is 24.5. The summed E-state index contributed by atoms with van der Waals surface area (Å²) in [5.41, 5.74) is 7.02. The van der Waals surface area contributed by atoms with Crippen molar-refractivity contribution >= 4 is 41.6 Å². The number of carboxylic acid groups (broad SMARTS) is 3. The molecule has 0 aromatic heterocycles. The molecule has 0 radical (unpaired) electrons. The summed E-state index contributed by atoms with van der Waals surface area (Å²) in [6.45, 7) is 0.457. The minimum Gasteiger partial charge on any atom is -0.481 e. The monoisotopic (exact) mass is 638 g/mol. The molecule has 1 fully saturated rings. The number of urea groups is 2. The number of hydrogen-bond donors (Lipinski definition) is 8. The molecule has 248 valence electrons. The lowest BCUT2D eigenvalue weighted by atomic mass is 10.1. The second-order valence-corrected chi connectivity index (χ2v) is 10.2. The van der Waals surface area contributed by atoms with Gasteiger partial charge in [0, 0.05) is 56.6 Å². The molecular weight excluding hydrogens is 599 g/mol. The Kier molecular flexibility index (Phi) is 14.3. The number of amides is 5. The zero-order chi connectivity index (χ0) is 33.5. The molecule has 1 aliphatic rings. The average Bonchev–Trinajstić information content (AvgIpc) is 2.98. The molecule has 1 aromatic carbocycles. The molecule has 1 aromatic rings. The van der Waals surface area contributed by atoms with Crippen molar-refractivity contribution < 1.29 is 48.5 Å². The van der Waals surface area contributed by atoms with E-state index in [1.54, 1.807) is 29.2 Å². The number of nitrogens with two attached hydrogens (primary N) is 2. The van der Waals surface area contributed by atoms with Crippen LogP contribution in [0.2, 0.25) is 0 Å². The number of benzene rings is 1. The summed E-state index contributed by atoms with van der Waals surface area (Å²) in [7, 11) is 0.